The van der Waals surface area contributed by atoms with Crippen LogP contribution in [-0.4, -0.2) is 23.1 Å². The van der Waals surface area contributed by atoms with Crippen LogP contribution < -0.4 is 0 Å². The molecule has 0 unspecified atom stereocenters. The highest BCUT2D eigenvalue weighted by atomic mass is 16.5. The van der Waals surface area contributed by atoms with Gasteiger partial charge >= 0.3 is 0 Å². The molecule has 122 valence electrons. The van der Waals surface area contributed by atoms with Gasteiger partial charge < -0.3 is 9.30 Å². The summed E-state index contributed by atoms with van der Waals surface area (Å²) in [5, 5.41) is 1.21. The number of benzene rings is 2. The minimum absolute atomic E-state index is 0.260. The van der Waals surface area contributed by atoms with E-state index >= 15 is 0 Å². The lowest BCUT2D eigenvalue weighted by molar-refractivity contribution is 0.292. The molecule has 3 nitrogen and oxygen atoms in total. The molecule has 0 N–H and O–H groups in total. The van der Waals surface area contributed by atoms with Crippen molar-refractivity contribution in [1.29, 1.82) is 0 Å². The van der Waals surface area contributed by atoms with Gasteiger partial charge in [-0.05, 0) is 17.5 Å². The van der Waals surface area contributed by atoms with E-state index in [1.54, 1.807) is 0 Å². The van der Waals surface area contributed by atoms with E-state index < -0.39 is 0 Å². The first-order valence-corrected chi connectivity index (χ1v) is 8.55. The molecule has 0 fully saturated rings. The first kappa shape index (κ1) is 15.0. The van der Waals surface area contributed by atoms with Crippen molar-refractivity contribution in [2.45, 2.75) is 26.4 Å². The van der Waals surface area contributed by atoms with E-state index in [1.165, 1.54) is 16.5 Å². The van der Waals surface area contributed by atoms with E-state index in [9.17, 15) is 0 Å². The molecular formula is C21H22N2O. The number of fused-ring (bicyclic) bond motifs is 1. The second-order valence-electron chi connectivity index (χ2n) is 6.73. The van der Waals surface area contributed by atoms with Crippen LogP contribution in [0.1, 0.15) is 25.0 Å². The smallest absolute Gasteiger partial charge is 0.218 e. The zero-order chi connectivity index (χ0) is 16.5. The van der Waals surface area contributed by atoms with Crippen LogP contribution in [0.5, 0.6) is 0 Å². The second kappa shape index (κ2) is 6.16. The molecule has 0 bridgehead atoms. The lowest BCUT2D eigenvalue weighted by atomic mass is 10.1. The van der Waals surface area contributed by atoms with Crippen LogP contribution in [0.4, 0.5) is 0 Å². The Morgan fingerprint density at radius 2 is 1.83 bits per heavy atom. The van der Waals surface area contributed by atoms with Crippen LogP contribution in [0, 0.1) is 5.92 Å². The van der Waals surface area contributed by atoms with Crippen molar-refractivity contribution in [3.63, 3.8) is 0 Å². The number of rotatable bonds is 4. The SMILES string of the molecule is CC(C)[C@H]1COC(c2cn(Cc3ccccc3)c3ccccc23)=N1. The average molecular weight is 318 g/mol. The van der Waals surface area contributed by atoms with E-state index in [-0.39, 0.29) is 6.04 Å². The zero-order valence-corrected chi connectivity index (χ0v) is 14.1. The molecular weight excluding hydrogens is 296 g/mol. The summed E-state index contributed by atoms with van der Waals surface area (Å²) in [7, 11) is 0. The third kappa shape index (κ3) is 2.71. The number of ether oxygens (including phenoxy) is 1. The summed E-state index contributed by atoms with van der Waals surface area (Å²) >= 11 is 0. The van der Waals surface area contributed by atoms with Crippen molar-refractivity contribution in [2.75, 3.05) is 6.61 Å². The van der Waals surface area contributed by atoms with Crippen LogP contribution >= 0.6 is 0 Å². The van der Waals surface area contributed by atoms with Gasteiger partial charge in [0.05, 0.1) is 11.6 Å². The summed E-state index contributed by atoms with van der Waals surface area (Å²) in [6.07, 6.45) is 2.18. The van der Waals surface area contributed by atoms with Gasteiger partial charge in [0, 0.05) is 23.6 Å². The van der Waals surface area contributed by atoms with Crippen LogP contribution in [-0.2, 0) is 11.3 Å². The summed E-state index contributed by atoms with van der Waals surface area (Å²) in [5.74, 6) is 1.29. The summed E-state index contributed by atoms with van der Waals surface area (Å²) in [4.78, 5) is 4.81. The maximum atomic E-state index is 5.92. The molecule has 0 saturated heterocycles. The Morgan fingerprint density at radius 1 is 1.08 bits per heavy atom. The highest BCUT2D eigenvalue weighted by molar-refractivity contribution is 6.07. The Balaban J connectivity index is 1.76. The molecule has 2 aromatic carbocycles. The fourth-order valence-electron chi connectivity index (χ4n) is 3.21. The molecule has 1 aliphatic heterocycles. The average Bonchev–Trinajstić information content (AvgIpc) is 3.21. The predicted molar refractivity (Wildman–Crippen MR) is 98.6 cm³/mol. The maximum absolute atomic E-state index is 5.92. The molecule has 0 amide bonds. The summed E-state index contributed by atoms with van der Waals surface area (Å²) in [6.45, 7) is 5.92. The largest absolute Gasteiger partial charge is 0.475 e. The fourth-order valence-corrected chi connectivity index (χ4v) is 3.21. The molecule has 1 aliphatic rings. The maximum Gasteiger partial charge on any atom is 0.218 e. The van der Waals surface area contributed by atoms with Crippen molar-refractivity contribution in [3.05, 3.63) is 71.9 Å². The van der Waals surface area contributed by atoms with E-state index in [0.717, 1.165) is 18.0 Å². The Morgan fingerprint density at radius 3 is 2.58 bits per heavy atom. The third-order valence-corrected chi connectivity index (χ3v) is 4.66. The fraction of sp³-hybridized carbons (Fsp3) is 0.286. The Kier molecular flexibility index (Phi) is 3.85. The van der Waals surface area contributed by atoms with E-state index in [2.05, 4.69) is 79.2 Å². The lowest BCUT2D eigenvalue weighted by Crippen LogP contribution is -2.13. The van der Waals surface area contributed by atoms with Gasteiger partial charge in [-0.2, -0.15) is 0 Å². The summed E-state index contributed by atoms with van der Waals surface area (Å²) < 4.78 is 8.21. The number of hydrogen-bond acceptors (Lipinski definition) is 2. The van der Waals surface area contributed by atoms with Gasteiger partial charge in [-0.3, -0.25) is 0 Å². The van der Waals surface area contributed by atoms with Crippen LogP contribution in [0.2, 0.25) is 0 Å². The number of para-hydroxylation sites is 1. The van der Waals surface area contributed by atoms with Gasteiger partial charge in [0.2, 0.25) is 5.90 Å². The first-order chi connectivity index (χ1) is 11.7. The van der Waals surface area contributed by atoms with Crippen molar-refractivity contribution in [2.24, 2.45) is 10.9 Å². The van der Waals surface area contributed by atoms with E-state index in [4.69, 9.17) is 9.73 Å². The Bertz CT molecular complexity index is 877. The number of hydrogen-bond donors (Lipinski definition) is 0. The molecule has 0 saturated carbocycles. The van der Waals surface area contributed by atoms with Gasteiger partial charge in [-0.15, -0.1) is 0 Å². The minimum Gasteiger partial charge on any atom is -0.475 e. The quantitative estimate of drug-likeness (QED) is 0.696. The van der Waals surface area contributed by atoms with Gasteiger partial charge in [0.1, 0.15) is 6.61 Å². The standard InChI is InChI=1S/C21H22N2O/c1-15(2)19-14-24-21(22-19)18-13-23(12-16-8-4-3-5-9-16)20-11-7-6-10-17(18)20/h3-11,13,15,19H,12,14H2,1-2H3/t19-/m1/s1. The summed E-state index contributed by atoms with van der Waals surface area (Å²) in [5.41, 5.74) is 3.61. The van der Waals surface area contributed by atoms with Crippen molar-refractivity contribution >= 4 is 16.8 Å². The normalized spacial score (nSPS) is 17.3. The van der Waals surface area contributed by atoms with Crippen LogP contribution in [0.15, 0.2) is 65.8 Å². The van der Waals surface area contributed by atoms with Crippen molar-refractivity contribution < 1.29 is 4.74 Å². The van der Waals surface area contributed by atoms with Crippen LogP contribution in [0.3, 0.4) is 0 Å². The molecule has 2 heterocycles. The number of aromatic nitrogens is 1. The Labute approximate surface area is 142 Å². The highest BCUT2D eigenvalue weighted by Gasteiger charge is 2.25. The molecule has 0 aliphatic carbocycles. The van der Waals surface area contributed by atoms with Gasteiger partial charge in [0.15, 0.2) is 0 Å². The molecule has 1 atom stereocenters. The van der Waals surface area contributed by atoms with Gasteiger partial charge in [-0.25, -0.2) is 4.99 Å². The van der Waals surface area contributed by atoms with E-state index in [1.807, 2.05) is 0 Å². The molecule has 1 aromatic heterocycles. The van der Waals surface area contributed by atoms with Crippen molar-refractivity contribution in [3.8, 4) is 0 Å². The number of aliphatic imine (C=N–C) groups is 1. The highest BCUT2D eigenvalue weighted by Crippen LogP contribution is 2.26. The molecule has 0 spiro atoms. The molecule has 3 aromatic rings. The number of nitrogens with zero attached hydrogens (tertiary/aromatic N) is 2. The van der Waals surface area contributed by atoms with Gasteiger partial charge in [-0.1, -0.05) is 62.4 Å². The Hall–Kier alpha value is -2.55. The second-order valence-corrected chi connectivity index (χ2v) is 6.73. The predicted octanol–water partition coefficient (Wildman–Crippen LogP) is 4.49. The molecule has 0 radical (unpaired) electrons. The molecule has 4 rings (SSSR count). The molecule has 3 heteroatoms. The van der Waals surface area contributed by atoms with Crippen molar-refractivity contribution in [1.82, 2.24) is 4.57 Å². The van der Waals surface area contributed by atoms with Gasteiger partial charge in [0.25, 0.3) is 0 Å². The van der Waals surface area contributed by atoms with E-state index in [0.29, 0.717) is 12.5 Å². The topological polar surface area (TPSA) is 26.5 Å². The minimum atomic E-state index is 0.260. The first-order valence-electron chi connectivity index (χ1n) is 8.55. The summed E-state index contributed by atoms with van der Waals surface area (Å²) in [6, 6.07) is 19.3. The molecule has 24 heavy (non-hydrogen) atoms. The third-order valence-electron chi connectivity index (χ3n) is 4.66. The monoisotopic (exact) mass is 318 g/mol. The zero-order valence-electron chi connectivity index (χ0n) is 14.1. The van der Waals surface area contributed by atoms with Crippen LogP contribution in [0.25, 0.3) is 10.9 Å². The lowest BCUT2D eigenvalue weighted by Gasteiger charge is -2.06.